The van der Waals surface area contributed by atoms with Crippen molar-refractivity contribution >= 4 is 34.5 Å². The quantitative estimate of drug-likeness (QED) is 0.868. The van der Waals surface area contributed by atoms with Gasteiger partial charge in [-0.1, -0.05) is 23.7 Å². The zero-order valence-electron chi connectivity index (χ0n) is 13.8. The molecule has 0 saturated heterocycles. The molecule has 0 fully saturated rings. The maximum absolute atomic E-state index is 12.4. The largest absolute Gasteiger partial charge is 0.389 e. The maximum atomic E-state index is 12.4. The van der Waals surface area contributed by atoms with E-state index < -0.39 is 5.60 Å². The summed E-state index contributed by atoms with van der Waals surface area (Å²) in [5, 5.41) is 15.3. The van der Waals surface area contributed by atoms with E-state index in [1.165, 1.54) is 22.5 Å². The third-order valence-corrected chi connectivity index (χ3v) is 5.37. The fraction of sp³-hybridized carbons (Fsp3) is 0.389. The highest BCUT2D eigenvalue weighted by atomic mass is 35.5. The maximum Gasteiger partial charge on any atom is 0.267 e. The van der Waals surface area contributed by atoms with Crippen LogP contribution in [0.5, 0.6) is 0 Å². The lowest BCUT2D eigenvalue weighted by molar-refractivity contribution is 0.0318. The monoisotopic (exact) mass is 364 g/mol. The molecule has 1 amide bonds. The van der Waals surface area contributed by atoms with E-state index in [9.17, 15) is 9.90 Å². The number of amides is 1. The predicted octanol–water partition coefficient (Wildman–Crippen LogP) is 3.78. The Labute approximate surface area is 151 Å². The Kier molecular flexibility index (Phi) is 4.97. The lowest BCUT2D eigenvalue weighted by atomic mass is 9.96. The van der Waals surface area contributed by atoms with Crippen LogP contribution in [0.2, 0.25) is 5.02 Å². The normalized spacial score (nSPS) is 15.2. The number of hydrogen-bond donors (Lipinski definition) is 2. The van der Waals surface area contributed by atoms with Crippen LogP contribution in [0.25, 0.3) is 0 Å². The molecule has 0 unspecified atom stereocenters. The number of anilines is 1. The summed E-state index contributed by atoms with van der Waals surface area (Å²) >= 11 is 7.39. The van der Waals surface area contributed by atoms with Crippen molar-refractivity contribution in [1.29, 1.82) is 0 Å². The van der Waals surface area contributed by atoms with E-state index in [2.05, 4.69) is 16.3 Å². The highest BCUT2D eigenvalue weighted by Gasteiger charge is 2.24. The summed E-state index contributed by atoms with van der Waals surface area (Å²) in [7, 11) is 0. The van der Waals surface area contributed by atoms with Gasteiger partial charge in [0.2, 0.25) is 0 Å². The molecule has 2 aromatic rings. The number of β-amino-alcohol motifs (C(OH)–C–C–N with tert-alkyl or cyclic N) is 1. The number of benzene rings is 1. The molecule has 0 bridgehead atoms. The van der Waals surface area contributed by atoms with Crippen molar-refractivity contribution in [2.24, 2.45) is 0 Å². The van der Waals surface area contributed by atoms with Crippen molar-refractivity contribution in [1.82, 2.24) is 4.90 Å². The zero-order chi connectivity index (χ0) is 17.3. The Bertz CT molecular complexity index is 752. The molecule has 0 atom stereocenters. The van der Waals surface area contributed by atoms with Gasteiger partial charge >= 0.3 is 0 Å². The number of carbonyl (C=O) groups is 1. The summed E-state index contributed by atoms with van der Waals surface area (Å²) in [6, 6.07) is 7.71. The lowest BCUT2D eigenvalue weighted by Gasteiger charge is -2.33. The third-order valence-electron chi connectivity index (χ3n) is 4.03. The van der Waals surface area contributed by atoms with Crippen molar-refractivity contribution < 1.29 is 9.90 Å². The van der Waals surface area contributed by atoms with Gasteiger partial charge in [0.05, 0.1) is 10.6 Å². The summed E-state index contributed by atoms with van der Waals surface area (Å²) < 4.78 is 0. The minimum absolute atomic E-state index is 0.165. The van der Waals surface area contributed by atoms with Gasteiger partial charge in [-0.2, -0.15) is 0 Å². The standard InChI is InChI=1S/C18H21ClN2O2S/c1-18(2,23)11-21-8-6-13-12(10-21)4-3-5-15(13)20-17(22)16-14(19)7-9-24-16/h3-5,7,9,23H,6,8,10-11H2,1-2H3,(H,20,22). The molecular formula is C18H21ClN2O2S. The molecule has 0 aliphatic carbocycles. The first-order valence-corrected chi connectivity index (χ1v) is 9.19. The molecule has 1 aromatic carbocycles. The molecule has 0 saturated carbocycles. The van der Waals surface area contributed by atoms with Gasteiger partial charge in [0, 0.05) is 25.3 Å². The van der Waals surface area contributed by atoms with Gasteiger partial charge in [-0.05, 0) is 48.9 Å². The van der Waals surface area contributed by atoms with E-state index in [1.807, 2.05) is 31.4 Å². The highest BCUT2D eigenvalue weighted by Crippen LogP contribution is 2.29. The molecule has 0 radical (unpaired) electrons. The van der Waals surface area contributed by atoms with Gasteiger partial charge < -0.3 is 10.4 Å². The van der Waals surface area contributed by atoms with Crippen molar-refractivity contribution in [3.8, 4) is 0 Å². The van der Waals surface area contributed by atoms with Crippen molar-refractivity contribution in [2.45, 2.75) is 32.4 Å². The van der Waals surface area contributed by atoms with E-state index in [0.717, 1.165) is 25.2 Å². The molecule has 1 aromatic heterocycles. The first kappa shape index (κ1) is 17.4. The summed E-state index contributed by atoms with van der Waals surface area (Å²) in [6.07, 6.45) is 0.847. The smallest absolute Gasteiger partial charge is 0.267 e. The number of nitrogens with one attached hydrogen (secondary N) is 1. The topological polar surface area (TPSA) is 52.6 Å². The third kappa shape index (κ3) is 3.98. The number of halogens is 1. The van der Waals surface area contributed by atoms with Crippen LogP contribution < -0.4 is 5.32 Å². The molecule has 0 spiro atoms. The number of nitrogens with zero attached hydrogens (tertiary/aromatic N) is 1. The van der Waals surface area contributed by atoms with Crippen LogP contribution in [0.15, 0.2) is 29.6 Å². The SMILES string of the molecule is CC(C)(O)CN1CCc2c(cccc2NC(=O)c2sccc2Cl)C1. The Morgan fingerprint density at radius 3 is 2.88 bits per heavy atom. The fourth-order valence-electron chi connectivity index (χ4n) is 3.10. The Morgan fingerprint density at radius 1 is 1.42 bits per heavy atom. The minimum Gasteiger partial charge on any atom is -0.389 e. The average molecular weight is 365 g/mol. The summed E-state index contributed by atoms with van der Waals surface area (Å²) in [5.74, 6) is -0.165. The number of carbonyl (C=O) groups excluding carboxylic acids is 1. The molecule has 4 nitrogen and oxygen atoms in total. The van der Waals surface area contributed by atoms with Crippen LogP contribution in [0, 0.1) is 0 Å². The Balaban J connectivity index is 1.77. The van der Waals surface area contributed by atoms with Crippen LogP contribution >= 0.6 is 22.9 Å². The van der Waals surface area contributed by atoms with Crippen LogP contribution in [0.1, 0.15) is 34.6 Å². The van der Waals surface area contributed by atoms with Crippen molar-refractivity contribution in [3.05, 3.63) is 50.7 Å². The van der Waals surface area contributed by atoms with Gasteiger partial charge in [0.15, 0.2) is 0 Å². The van der Waals surface area contributed by atoms with E-state index in [4.69, 9.17) is 11.6 Å². The van der Waals surface area contributed by atoms with E-state index in [-0.39, 0.29) is 5.91 Å². The summed E-state index contributed by atoms with van der Waals surface area (Å²) in [6.45, 7) is 5.92. The van der Waals surface area contributed by atoms with Crippen molar-refractivity contribution in [2.75, 3.05) is 18.4 Å². The summed E-state index contributed by atoms with van der Waals surface area (Å²) in [4.78, 5) is 15.2. The summed E-state index contributed by atoms with van der Waals surface area (Å²) in [5.41, 5.74) is 2.51. The molecule has 128 valence electrons. The van der Waals surface area contributed by atoms with E-state index >= 15 is 0 Å². The van der Waals surface area contributed by atoms with Gasteiger partial charge in [-0.25, -0.2) is 0 Å². The number of hydrogen-bond acceptors (Lipinski definition) is 4. The number of aliphatic hydroxyl groups is 1. The number of rotatable bonds is 4. The molecule has 1 aliphatic rings. The van der Waals surface area contributed by atoms with E-state index in [0.29, 0.717) is 16.4 Å². The second-order valence-corrected chi connectivity index (χ2v) is 8.09. The van der Waals surface area contributed by atoms with Crippen LogP contribution in [0.4, 0.5) is 5.69 Å². The number of thiophene rings is 1. The molecule has 2 heterocycles. The second kappa shape index (κ2) is 6.84. The van der Waals surface area contributed by atoms with Crippen molar-refractivity contribution in [3.63, 3.8) is 0 Å². The first-order valence-electron chi connectivity index (χ1n) is 7.93. The lowest BCUT2D eigenvalue weighted by Crippen LogP contribution is -2.41. The van der Waals surface area contributed by atoms with Gasteiger partial charge in [-0.3, -0.25) is 9.69 Å². The van der Waals surface area contributed by atoms with Crippen LogP contribution in [-0.2, 0) is 13.0 Å². The van der Waals surface area contributed by atoms with Gasteiger partial charge in [0.1, 0.15) is 4.88 Å². The highest BCUT2D eigenvalue weighted by molar-refractivity contribution is 7.12. The number of fused-ring (bicyclic) bond motifs is 1. The van der Waals surface area contributed by atoms with Crippen LogP contribution in [0.3, 0.4) is 0 Å². The molecule has 3 rings (SSSR count). The fourth-order valence-corrected chi connectivity index (χ4v) is 4.14. The van der Waals surface area contributed by atoms with Gasteiger partial charge in [0.25, 0.3) is 5.91 Å². The molecule has 2 N–H and O–H groups in total. The van der Waals surface area contributed by atoms with Crippen LogP contribution in [-0.4, -0.2) is 34.6 Å². The Hall–Kier alpha value is -1.40. The molecule has 24 heavy (non-hydrogen) atoms. The zero-order valence-corrected chi connectivity index (χ0v) is 15.4. The Morgan fingerprint density at radius 2 is 2.21 bits per heavy atom. The second-order valence-electron chi connectivity index (χ2n) is 6.77. The molecule has 6 heteroatoms. The minimum atomic E-state index is -0.709. The van der Waals surface area contributed by atoms with E-state index in [1.54, 1.807) is 6.07 Å². The predicted molar refractivity (Wildman–Crippen MR) is 99.0 cm³/mol. The molecular weight excluding hydrogens is 344 g/mol. The van der Waals surface area contributed by atoms with Gasteiger partial charge in [-0.15, -0.1) is 11.3 Å². The first-order chi connectivity index (χ1) is 11.3. The molecule has 1 aliphatic heterocycles. The average Bonchev–Trinajstić information content (AvgIpc) is 2.92.